The Morgan fingerprint density at radius 1 is 1.57 bits per heavy atom. The Bertz CT molecular complexity index is 386. The lowest BCUT2D eigenvalue weighted by molar-refractivity contribution is -0.386. The van der Waals surface area contributed by atoms with Crippen LogP contribution in [-0.4, -0.2) is 9.91 Å². The van der Waals surface area contributed by atoms with Crippen LogP contribution in [0.3, 0.4) is 0 Å². The molecule has 0 aliphatic rings. The van der Waals surface area contributed by atoms with Gasteiger partial charge in [0.05, 0.1) is 11.0 Å². The molecule has 0 amide bonds. The van der Waals surface area contributed by atoms with Gasteiger partial charge in [0, 0.05) is 0 Å². The number of nitro groups is 1. The van der Waals surface area contributed by atoms with Crippen LogP contribution in [0.4, 0.5) is 18.9 Å². The van der Waals surface area contributed by atoms with E-state index < -0.39 is 33.7 Å². The lowest BCUT2D eigenvalue weighted by Gasteiger charge is -2.02. The summed E-state index contributed by atoms with van der Waals surface area (Å²) in [7, 11) is 0. The Kier molecular flexibility index (Phi) is 2.90. The number of rotatable bonds is 2. The predicted octanol–water partition coefficient (Wildman–Crippen LogP) is 2.72. The lowest BCUT2D eigenvalue weighted by atomic mass is 10.2. The molecule has 4 nitrogen and oxygen atoms in total. The van der Waals surface area contributed by atoms with Crippen molar-refractivity contribution < 1.29 is 18.1 Å². The molecule has 0 aromatic carbocycles. The van der Waals surface area contributed by atoms with Gasteiger partial charge in [0.25, 0.3) is 12.1 Å². The number of pyridine rings is 1. The Hall–Kier alpha value is -1.37. The zero-order chi connectivity index (χ0) is 10.9. The minimum atomic E-state index is -3.17. The summed E-state index contributed by atoms with van der Waals surface area (Å²) < 4.78 is 36.9. The Morgan fingerprint density at radius 3 is 2.57 bits per heavy atom. The summed E-state index contributed by atoms with van der Waals surface area (Å²) in [5.74, 6) is -1.27. The van der Waals surface area contributed by atoms with Crippen LogP contribution in [0.1, 0.15) is 12.0 Å². The molecule has 1 aromatic rings. The van der Waals surface area contributed by atoms with E-state index in [1.54, 1.807) is 0 Å². The van der Waals surface area contributed by atoms with Crippen LogP contribution in [0.2, 0.25) is 5.15 Å². The van der Waals surface area contributed by atoms with E-state index in [-0.39, 0.29) is 0 Å². The Labute approximate surface area is 80.5 Å². The first kappa shape index (κ1) is 10.7. The van der Waals surface area contributed by atoms with Gasteiger partial charge in [-0.15, -0.1) is 0 Å². The van der Waals surface area contributed by atoms with Gasteiger partial charge in [-0.2, -0.15) is 4.39 Å². The van der Waals surface area contributed by atoms with Crippen molar-refractivity contribution in [2.45, 2.75) is 6.43 Å². The first-order chi connectivity index (χ1) is 6.43. The summed E-state index contributed by atoms with van der Waals surface area (Å²) >= 11 is 5.14. The third kappa shape index (κ3) is 1.92. The number of hydrogen-bond acceptors (Lipinski definition) is 3. The maximum Gasteiger partial charge on any atom is 0.286 e. The van der Waals surface area contributed by atoms with Crippen molar-refractivity contribution in [3.8, 4) is 0 Å². The highest BCUT2D eigenvalue weighted by Crippen LogP contribution is 2.33. The van der Waals surface area contributed by atoms with Crippen LogP contribution in [0, 0.1) is 16.1 Å². The van der Waals surface area contributed by atoms with Crippen molar-refractivity contribution in [1.82, 2.24) is 4.98 Å². The summed E-state index contributed by atoms with van der Waals surface area (Å²) in [4.78, 5) is 12.0. The molecule has 14 heavy (non-hydrogen) atoms. The minimum Gasteiger partial charge on any atom is -0.258 e. The first-order valence-corrected chi connectivity index (χ1v) is 3.59. The summed E-state index contributed by atoms with van der Waals surface area (Å²) in [6, 6.07) is 0.299. The van der Waals surface area contributed by atoms with Crippen molar-refractivity contribution in [3.05, 3.63) is 32.8 Å². The fraction of sp³-hybridized carbons (Fsp3) is 0.167. The third-order valence-electron chi connectivity index (χ3n) is 1.37. The Balaban J connectivity index is 3.44. The summed E-state index contributed by atoms with van der Waals surface area (Å²) in [5, 5.41) is 9.35. The number of halogens is 4. The molecule has 0 radical (unpaired) electrons. The van der Waals surface area contributed by atoms with Gasteiger partial charge in [-0.25, -0.2) is 13.8 Å². The quantitative estimate of drug-likeness (QED) is 0.443. The molecule has 0 atom stereocenters. The molecule has 1 rings (SSSR count). The lowest BCUT2D eigenvalue weighted by Crippen LogP contribution is -2.00. The van der Waals surface area contributed by atoms with Crippen molar-refractivity contribution in [1.29, 1.82) is 0 Å². The average molecular weight is 227 g/mol. The molecule has 0 aliphatic heterocycles. The first-order valence-electron chi connectivity index (χ1n) is 3.22. The van der Waals surface area contributed by atoms with Gasteiger partial charge in [0.1, 0.15) is 10.7 Å². The molecule has 0 N–H and O–H groups in total. The summed E-state index contributed by atoms with van der Waals surface area (Å²) in [6.45, 7) is 0. The van der Waals surface area contributed by atoms with Gasteiger partial charge in [-0.1, -0.05) is 11.6 Å². The van der Waals surface area contributed by atoms with E-state index in [4.69, 9.17) is 11.6 Å². The van der Waals surface area contributed by atoms with Crippen LogP contribution >= 0.6 is 11.6 Å². The second kappa shape index (κ2) is 3.79. The molecule has 0 unspecified atom stereocenters. The van der Waals surface area contributed by atoms with Crippen molar-refractivity contribution in [2.75, 3.05) is 0 Å². The van der Waals surface area contributed by atoms with Gasteiger partial charge >= 0.3 is 0 Å². The number of aromatic nitrogens is 1. The number of nitrogens with zero attached hydrogens (tertiary/aromatic N) is 2. The molecule has 0 aliphatic carbocycles. The Morgan fingerprint density at radius 2 is 2.14 bits per heavy atom. The number of alkyl halides is 2. The van der Waals surface area contributed by atoms with E-state index in [0.717, 1.165) is 0 Å². The van der Waals surface area contributed by atoms with Crippen LogP contribution in [-0.2, 0) is 0 Å². The molecule has 0 saturated carbocycles. The second-order valence-corrected chi connectivity index (χ2v) is 2.58. The monoisotopic (exact) mass is 226 g/mol. The second-order valence-electron chi connectivity index (χ2n) is 2.23. The molecule has 1 aromatic heterocycles. The highest BCUT2D eigenvalue weighted by Gasteiger charge is 2.27. The minimum absolute atomic E-state index is 0.299. The zero-order valence-electron chi connectivity index (χ0n) is 6.38. The normalized spacial score (nSPS) is 10.6. The molecule has 76 valence electrons. The van der Waals surface area contributed by atoms with E-state index in [0.29, 0.717) is 6.07 Å². The van der Waals surface area contributed by atoms with E-state index >= 15 is 0 Å². The van der Waals surface area contributed by atoms with Crippen molar-refractivity contribution in [2.24, 2.45) is 0 Å². The molecule has 8 heteroatoms. The maximum atomic E-state index is 12.5. The third-order valence-corrected chi connectivity index (χ3v) is 1.66. The SMILES string of the molecule is O=[N+]([O-])c1cc(F)nc(Cl)c1C(F)F. The maximum absolute atomic E-state index is 12.5. The van der Waals surface area contributed by atoms with E-state index in [2.05, 4.69) is 4.98 Å². The van der Waals surface area contributed by atoms with Gasteiger partial charge in [-0.05, 0) is 0 Å². The van der Waals surface area contributed by atoms with Crippen LogP contribution in [0.5, 0.6) is 0 Å². The summed E-state index contributed by atoms with van der Waals surface area (Å²) in [5.41, 5.74) is -2.14. The molecule has 0 spiro atoms. The zero-order valence-corrected chi connectivity index (χ0v) is 7.13. The van der Waals surface area contributed by atoms with Crippen LogP contribution < -0.4 is 0 Å². The summed E-state index contributed by atoms with van der Waals surface area (Å²) in [6.07, 6.45) is -3.17. The topological polar surface area (TPSA) is 56.0 Å². The molecular weight excluding hydrogens is 225 g/mol. The molecule has 0 saturated heterocycles. The molecule has 0 fully saturated rings. The molecular formula is C6H2ClF3N2O2. The van der Waals surface area contributed by atoms with Crippen LogP contribution in [0.25, 0.3) is 0 Å². The van der Waals surface area contributed by atoms with Gasteiger partial charge in [-0.3, -0.25) is 10.1 Å². The predicted molar refractivity (Wildman–Crippen MR) is 40.8 cm³/mol. The average Bonchev–Trinajstić information content (AvgIpc) is 2.01. The smallest absolute Gasteiger partial charge is 0.258 e. The van der Waals surface area contributed by atoms with Crippen molar-refractivity contribution in [3.63, 3.8) is 0 Å². The van der Waals surface area contributed by atoms with Gasteiger partial charge < -0.3 is 0 Å². The van der Waals surface area contributed by atoms with Gasteiger partial charge in [0.2, 0.25) is 5.95 Å². The highest BCUT2D eigenvalue weighted by atomic mass is 35.5. The largest absolute Gasteiger partial charge is 0.286 e. The van der Waals surface area contributed by atoms with E-state index in [1.807, 2.05) is 0 Å². The van der Waals surface area contributed by atoms with Gasteiger partial charge in [0.15, 0.2) is 0 Å². The standard InChI is InChI=1S/C6H2ClF3N2O2/c7-5-4(6(9)10)2(12(13)14)1-3(8)11-5/h1,6H. The van der Waals surface area contributed by atoms with E-state index in [9.17, 15) is 23.3 Å². The molecule has 1 heterocycles. The molecule has 0 bridgehead atoms. The highest BCUT2D eigenvalue weighted by molar-refractivity contribution is 6.30. The van der Waals surface area contributed by atoms with E-state index in [1.165, 1.54) is 0 Å². The number of hydrogen-bond donors (Lipinski definition) is 0. The van der Waals surface area contributed by atoms with Crippen LogP contribution in [0.15, 0.2) is 6.07 Å². The fourth-order valence-corrected chi connectivity index (χ4v) is 1.10. The van der Waals surface area contributed by atoms with Crippen molar-refractivity contribution >= 4 is 17.3 Å². The fourth-order valence-electron chi connectivity index (χ4n) is 0.835.